The lowest BCUT2D eigenvalue weighted by Gasteiger charge is -2.19. The molecule has 1 aliphatic heterocycles. The van der Waals surface area contributed by atoms with Gasteiger partial charge in [0.2, 0.25) is 10.0 Å². The lowest BCUT2D eigenvalue weighted by atomic mass is 10.2. The van der Waals surface area contributed by atoms with Crippen LogP contribution in [0.3, 0.4) is 0 Å². The van der Waals surface area contributed by atoms with E-state index in [1.54, 1.807) is 0 Å². The first-order valence-corrected chi connectivity index (χ1v) is 9.88. The molecule has 25 heavy (non-hydrogen) atoms. The number of rotatable bonds is 8. The molecule has 3 rings (SSSR count). The first-order chi connectivity index (χ1) is 12.1. The monoisotopic (exact) mass is 362 g/mol. The van der Waals surface area contributed by atoms with Crippen molar-refractivity contribution in [2.75, 3.05) is 25.5 Å². The molecular formula is C18H22N2O4S. The number of fused-ring (bicyclic) bond motifs is 1. The fourth-order valence-electron chi connectivity index (χ4n) is 2.50. The topological polar surface area (TPSA) is 76.7 Å². The maximum Gasteiger partial charge on any atom is 0.213 e. The van der Waals surface area contributed by atoms with E-state index in [1.807, 2.05) is 48.5 Å². The van der Waals surface area contributed by atoms with E-state index in [1.165, 1.54) is 0 Å². The Kier molecular flexibility index (Phi) is 5.91. The van der Waals surface area contributed by atoms with Crippen molar-refractivity contribution in [1.29, 1.82) is 0 Å². The van der Waals surface area contributed by atoms with Crippen LogP contribution in [0, 0.1) is 0 Å². The molecule has 134 valence electrons. The summed E-state index contributed by atoms with van der Waals surface area (Å²) in [4.78, 5) is 0. The highest BCUT2D eigenvalue weighted by molar-refractivity contribution is 7.89. The van der Waals surface area contributed by atoms with Crippen molar-refractivity contribution in [2.24, 2.45) is 0 Å². The highest BCUT2D eigenvalue weighted by Crippen LogP contribution is 2.30. The molecule has 1 heterocycles. The summed E-state index contributed by atoms with van der Waals surface area (Å²) in [5.41, 5.74) is 1.97. The predicted octanol–water partition coefficient (Wildman–Crippen LogP) is 1.67. The standard InChI is InChI=1S/C18H22N2O4S/c21-25(22,20-14-15-4-2-1-3-5-15)11-8-19-13-16-6-7-17-18(12-16)24-10-9-23-17/h1-7,12,19-20H,8-11,13-14H2. The van der Waals surface area contributed by atoms with E-state index in [2.05, 4.69) is 10.0 Å². The maximum atomic E-state index is 12.0. The first kappa shape index (κ1) is 17.7. The molecule has 2 aromatic rings. The molecule has 2 aromatic carbocycles. The SMILES string of the molecule is O=S(=O)(CCNCc1ccc2c(c1)OCCO2)NCc1ccccc1. The van der Waals surface area contributed by atoms with Gasteiger partial charge >= 0.3 is 0 Å². The average molecular weight is 362 g/mol. The molecule has 0 atom stereocenters. The van der Waals surface area contributed by atoms with E-state index in [0.717, 1.165) is 22.6 Å². The zero-order valence-corrected chi connectivity index (χ0v) is 14.7. The van der Waals surface area contributed by atoms with Crippen LogP contribution in [-0.4, -0.2) is 33.9 Å². The Morgan fingerprint density at radius 2 is 1.64 bits per heavy atom. The van der Waals surface area contributed by atoms with Crippen LogP contribution >= 0.6 is 0 Å². The fourth-order valence-corrected chi connectivity index (χ4v) is 3.44. The van der Waals surface area contributed by atoms with Crippen molar-refractivity contribution in [1.82, 2.24) is 10.0 Å². The van der Waals surface area contributed by atoms with Crippen molar-refractivity contribution in [3.8, 4) is 11.5 Å². The smallest absolute Gasteiger partial charge is 0.213 e. The third kappa shape index (κ3) is 5.45. The second-order valence-electron chi connectivity index (χ2n) is 5.78. The van der Waals surface area contributed by atoms with Crippen molar-refractivity contribution in [3.63, 3.8) is 0 Å². The molecule has 2 N–H and O–H groups in total. The second-order valence-corrected chi connectivity index (χ2v) is 7.71. The van der Waals surface area contributed by atoms with Gasteiger partial charge in [0.25, 0.3) is 0 Å². The van der Waals surface area contributed by atoms with Crippen LogP contribution in [0.1, 0.15) is 11.1 Å². The molecule has 0 radical (unpaired) electrons. The van der Waals surface area contributed by atoms with Gasteiger partial charge in [0, 0.05) is 19.6 Å². The van der Waals surface area contributed by atoms with E-state index in [4.69, 9.17) is 9.47 Å². The third-order valence-electron chi connectivity index (χ3n) is 3.82. The Balaban J connectivity index is 1.41. The zero-order valence-electron chi connectivity index (χ0n) is 13.9. The molecule has 0 aliphatic carbocycles. The third-order valence-corrected chi connectivity index (χ3v) is 5.15. The predicted molar refractivity (Wildman–Crippen MR) is 96.2 cm³/mol. The lowest BCUT2D eigenvalue weighted by Crippen LogP contribution is -2.31. The van der Waals surface area contributed by atoms with Gasteiger partial charge in [-0.3, -0.25) is 0 Å². The number of nitrogens with one attached hydrogen (secondary N) is 2. The average Bonchev–Trinajstić information content (AvgIpc) is 2.64. The van der Waals surface area contributed by atoms with Gasteiger partial charge in [-0.15, -0.1) is 0 Å². The molecule has 0 saturated carbocycles. The van der Waals surface area contributed by atoms with Crippen LogP contribution in [-0.2, 0) is 23.1 Å². The maximum absolute atomic E-state index is 12.0. The summed E-state index contributed by atoms with van der Waals surface area (Å²) in [5.74, 6) is 1.52. The molecule has 0 aromatic heterocycles. The Morgan fingerprint density at radius 3 is 2.44 bits per heavy atom. The minimum atomic E-state index is -3.31. The van der Waals surface area contributed by atoms with Crippen LogP contribution in [0.2, 0.25) is 0 Å². The fraction of sp³-hybridized carbons (Fsp3) is 0.333. The van der Waals surface area contributed by atoms with E-state index in [9.17, 15) is 8.42 Å². The molecule has 7 heteroatoms. The van der Waals surface area contributed by atoms with Crippen LogP contribution in [0.15, 0.2) is 48.5 Å². The molecule has 0 unspecified atom stereocenters. The van der Waals surface area contributed by atoms with Gasteiger partial charge < -0.3 is 14.8 Å². The highest BCUT2D eigenvalue weighted by Gasteiger charge is 2.12. The van der Waals surface area contributed by atoms with E-state index < -0.39 is 10.0 Å². The summed E-state index contributed by atoms with van der Waals surface area (Å²) in [6, 6.07) is 15.2. The van der Waals surface area contributed by atoms with E-state index in [0.29, 0.717) is 32.8 Å². The van der Waals surface area contributed by atoms with Crippen LogP contribution in [0.5, 0.6) is 11.5 Å². The summed E-state index contributed by atoms with van der Waals surface area (Å²) in [6.07, 6.45) is 0. The zero-order chi connectivity index (χ0) is 17.5. The summed E-state index contributed by atoms with van der Waals surface area (Å²) in [6.45, 7) is 2.38. The minimum absolute atomic E-state index is 0.0321. The summed E-state index contributed by atoms with van der Waals surface area (Å²) in [5, 5.41) is 3.15. The highest BCUT2D eigenvalue weighted by atomic mass is 32.2. The molecule has 6 nitrogen and oxygen atoms in total. The van der Waals surface area contributed by atoms with Crippen LogP contribution < -0.4 is 19.5 Å². The van der Waals surface area contributed by atoms with Crippen molar-refractivity contribution < 1.29 is 17.9 Å². The van der Waals surface area contributed by atoms with Gasteiger partial charge in [0.1, 0.15) is 13.2 Å². The Bertz CT molecular complexity index is 794. The van der Waals surface area contributed by atoms with Gasteiger partial charge in [-0.1, -0.05) is 36.4 Å². The van der Waals surface area contributed by atoms with Gasteiger partial charge in [0.15, 0.2) is 11.5 Å². The van der Waals surface area contributed by atoms with Crippen molar-refractivity contribution in [3.05, 3.63) is 59.7 Å². The molecule has 0 fully saturated rings. The van der Waals surface area contributed by atoms with E-state index >= 15 is 0 Å². The molecular weight excluding hydrogens is 340 g/mol. The summed E-state index contributed by atoms with van der Waals surface area (Å²) >= 11 is 0. The normalized spacial score (nSPS) is 13.6. The minimum Gasteiger partial charge on any atom is -0.486 e. The number of ether oxygens (including phenoxy) is 2. The number of hydrogen-bond acceptors (Lipinski definition) is 5. The molecule has 0 amide bonds. The molecule has 0 spiro atoms. The van der Waals surface area contributed by atoms with Gasteiger partial charge in [-0.2, -0.15) is 0 Å². The summed E-state index contributed by atoms with van der Waals surface area (Å²) in [7, 11) is -3.31. The van der Waals surface area contributed by atoms with Crippen molar-refractivity contribution >= 4 is 10.0 Å². The summed E-state index contributed by atoms with van der Waals surface area (Å²) < 4.78 is 37.7. The molecule has 1 aliphatic rings. The number of sulfonamides is 1. The van der Waals surface area contributed by atoms with Crippen molar-refractivity contribution in [2.45, 2.75) is 13.1 Å². The Labute approximate surface area is 148 Å². The quantitative estimate of drug-likeness (QED) is 0.699. The van der Waals surface area contributed by atoms with Gasteiger partial charge in [0.05, 0.1) is 5.75 Å². The second kappa shape index (κ2) is 8.33. The van der Waals surface area contributed by atoms with Gasteiger partial charge in [-0.25, -0.2) is 13.1 Å². The molecule has 0 bridgehead atoms. The van der Waals surface area contributed by atoms with Gasteiger partial charge in [-0.05, 0) is 23.3 Å². The first-order valence-electron chi connectivity index (χ1n) is 8.23. The number of benzene rings is 2. The largest absolute Gasteiger partial charge is 0.486 e. The Morgan fingerprint density at radius 1 is 0.880 bits per heavy atom. The van der Waals surface area contributed by atoms with Crippen LogP contribution in [0.4, 0.5) is 0 Å². The lowest BCUT2D eigenvalue weighted by molar-refractivity contribution is 0.171. The van der Waals surface area contributed by atoms with Crippen LogP contribution in [0.25, 0.3) is 0 Å². The van der Waals surface area contributed by atoms with E-state index in [-0.39, 0.29) is 5.75 Å². The Hall–Kier alpha value is -2.09. The number of hydrogen-bond donors (Lipinski definition) is 2. The molecule has 0 saturated heterocycles.